The Kier molecular flexibility index (Phi) is 4.35. The van der Waals surface area contributed by atoms with E-state index in [9.17, 15) is 9.18 Å². The van der Waals surface area contributed by atoms with Crippen molar-refractivity contribution in [3.8, 4) is 0 Å². The van der Waals surface area contributed by atoms with E-state index in [1.807, 2.05) is 60.7 Å². The van der Waals surface area contributed by atoms with Gasteiger partial charge in [0, 0.05) is 5.56 Å². The van der Waals surface area contributed by atoms with Crippen LogP contribution >= 0.6 is 10.9 Å². The lowest BCUT2D eigenvalue weighted by Crippen LogP contribution is -2.02. The van der Waals surface area contributed by atoms with Gasteiger partial charge >= 0.3 is 0 Å². The monoisotopic (exact) mass is 310 g/mol. The lowest BCUT2D eigenvalue weighted by Gasteiger charge is -2.21. The molecule has 1 nitrogen and oxygen atoms in total. The fourth-order valence-electron chi connectivity index (χ4n) is 2.26. The van der Waals surface area contributed by atoms with E-state index in [0.29, 0.717) is 5.56 Å². The highest BCUT2D eigenvalue weighted by molar-refractivity contribution is 8.30. The minimum absolute atomic E-state index is 0.0346. The molecule has 3 aromatic rings. The van der Waals surface area contributed by atoms with Gasteiger partial charge in [-0.05, 0) is 58.3 Å². The smallest absolute Gasteiger partial charge is 0.207 e. The van der Waals surface area contributed by atoms with Gasteiger partial charge in [-0.1, -0.05) is 36.4 Å². The normalized spacial score (nSPS) is 11.0. The molecule has 0 fully saturated rings. The molecule has 0 aliphatic carbocycles. The second kappa shape index (κ2) is 6.58. The Balaban J connectivity index is 2.06. The number of rotatable bonds is 3. The molecule has 0 bridgehead atoms. The highest BCUT2D eigenvalue weighted by Gasteiger charge is 2.19. The first-order valence-electron chi connectivity index (χ1n) is 6.96. The fraction of sp³-hybridized carbons (Fsp3) is 0. The third kappa shape index (κ3) is 3.10. The van der Waals surface area contributed by atoms with Crippen LogP contribution in [-0.4, -0.2) is 5.12 Å². The van der Waals surface area contributed by atoms with Crippen molar-refractivity contribution in [2.75, 3.05) is 0 Å². The summed E-state index contributed by atoms with van der Waals surface area (Å²) in [6.45, 7) is 0. The van der Waals surface area contributed by atoms with Crippen LogP contribution in [-0.2, 0) is 0 Å². The van der Waals surface area contributed by atoms with E-state index in [-0.39, 0.29) is 10.9 Å². The number of carbonyl (C=O) groups excluding carboxylic acids is 1. The maximum atomic E-state index is 13.1. The van der Waals surface area contributed by atoms with Crippen LogP contribution in [0.3, 0.4) is 0 Å². The molecular weight excluding hydrogens is 295 g/mol. The number of hydrogen-bond donors (Lipinski definition) is 1. The molecule has 3 aromatic carbocycles. The summed E-state index contributed by atoms with van der Waals surface area (Å²) < 4.78 is 13.1. The van der Waals surface area contributed by atoms with Gasteiger partial charge in [0.05, 0.1) is 0 Å². The molecule has 0 saturated carbocycles. The minimum atomic E-state index is -1.16. The van der Waals surface area contributed by atoms with E-state index in [1.165, 1.54) is 12.1 Å². The third-order valence-corrected chi connectivity index (χ3v) is 5.62. The summed E-state index contributed by atoms with van der Waals surface area (Å²) in [6, 6.07) is 25.3. The lowest BCUT2D eigenvalue weighted by molar-refractivity contribution is 0.108. The predicted octanol–water partition coefficient (Wildman–Crippen LogP) is 5.09. The van der Waals surface area contributed by atoms with Crippen molar-refractivity contribution in [1.82, 2.24) is 0 Å². The molecule has 0 heterocycles. The van der Waals surface area contributed by atoms with Gasteiger partial charge < -0.3 is 0 Å². The van der Waals surface area contributed by atoms with Crippen LogP contribution in [0.5, 0.6) is 0 Å². The summed E-state index contributed by atoms with van der Waals surface area (Å²) in [7, 11) is -1.16. The number of thiol groups is 1. The van der Waals surface area contributed by atoms with Gasteiger partial charge in [0.1, 0.15) is 5.82 Å². The maximum Gasteiger partial charge on any atom is 0.207 e. The quantitative estimate of drug-likeness (QED) is 0.667. The van der Waals surface area contributed by atoms with Gasteiger partial charge in [-0.2, -0.15) is 0 Å². The predicted molar refractivity (Wildman–Crippen MR) is 89.1 cm³/mol. The van der Waals surface area contributed by atoms with E-state index in [0.717, 1.165) is 9.79 Å². The number of carbonyl (C=O) groups is 1. The average Bonchev–Trinajstić information content (AvgIpc) is 2.57. The Labute approximate surface area is 131 Å². The van der Waals surface area contributed by atoms with Gasteiger partial charge in [-0.3, -0.25) is 4.79 Å². The average molecular weight is 310 g/mol. The van der Waals surface area contributed by atoms with Crippen molar-refractivity contribution >= 4 is 16.0 Å². The van der Waals surface area contributed by atoms with E-state index >= 15 is 0 Å². The van der Waals surface area contributed by atoms with E-state index < -0.39 is 10.9 Å². The standard InChI is InChI=1S/C19H15FOS/c20-16-13-11-15(12-14-16)19(21)22(17-7-3-1-4-8-17)18-9-5-2-6-10-18/h1-14,22H. The topological polar surface area (TPSA) is 17.1 Å². The van der Waals surface area contributed by atoms with E-state index in [4.69, 9.17) is 0 Å². The molecule has 0 N–H and O–H groups in total. The molecule has 0 atom stereocenters. The van der Waals surface area contributed by atoms with Gasteiger partial charge in [-0.25, -0.2) is 4.39 Å². The molecule has 0 aromatic heterocycles. The molecule has 3 heteroatoms. The van der Waals surface area contributed by atoms with Gasteiger partial charge in [0.2, 0.25) is 5.12 Å². The Morgan fingerprint density at radius 1 is 0.682 bits per heavy atom. The van der Waals surface area contributed by atoms with Gasteiger partial charge in [-0.15, -0.1) is 10.9 Å². The van der Waals surface area contributed by atoms with Crippen molar-refractivity contribution in [2.45, 2.75) is 9.79 Å². The minimum Gasteiger partial charge on any atom is -0.283 e. The van der Waals surface area contributed by atoms with Crippen LogP contribution in [0.25, 0.3) is 0 Å². The maximum absolute atomic E-state index is 13.1. The zero-order chi connectivity index (χ0) is 15.4. The van der Waals surface area contributed by atoms with E-state index in [2.05, 4.69) is 0 Å². The van der Waals surface area contributed by atoms with E-state index in [1.54, 1.807) is 12.1 Å². The molecule has 22 heavy (non-hydrogen) atoms. The Bertz CT molecular complexity index is 715. The fourth-order valence-corrected chi connectivity index (χ4v) is 4.37. The molecular formula is C19H15FOS. The highest BCUT2D eigenvalue weighted by Crippen LogP contribution is 2.46. The summed E-state index contributed by atoms with van der Waals surface area (Å²) in [6.07, 6.45) is 0. The highest BCUT2D eigenvalue weighted by atomic mass is 32.2. The lowest BCUT2D eigenvalue weighted by atomic mass is 10.2. The van der Waals surface area contributed by atoms with Crippen LogP contribution in [0.4, 0.5) is 4.39 Å². The zero-order valence-electron chi connectivity index (χ0n) is 11.8. The van der Waals surface area contributed by atoms with Crippen LogP contribution in [0.1, 0.15) is 10.4 Å². The summed E-state index contributed by atoms with van der Waals surface area (Å²) in [5.74, 6) is -0.333. The Morgan fingerprint density at radius 2 is 1.14 bits per heavy atom. The Hall–Kier alpha value is -2.39. The molecule has 0 aliphatic heterocycles. The summed E-state index contributed by atoms with van der Waals surface area (Å²) in [5.41, 5.74) is 0.542. The van der Waals surface area contributed by atoms with Crippen molar-refractivity contribution < 1.29 is 9.18 Å². The van der Waals surface area contributed by atoms with Gasteiger partial charge in [0.15, 0.2) is 0 Å². The first kappa shape index (κ1) is 14.5. The molecule has 0 radical (unpaired) electrons. The third-order valence-electron chi connectivity index (χ3n) is 3.32. The van der Waals surface area contributed by atoms with Crippen LogP contribution in [0.2, 0.25) is 0 Å². The number of halogens is 1. The molecule has 0 amide bonds. The Morgan fingerprint density at radius 3 is 1.59 bits per heavy atom. The van der Waals surface area contributed by atoms with Crippen molar-refractivity contribution in [2.24, 2.45) is 0 Å². The summed E-state index contributed by atoms with van der Waals surface area (Å²) >= 11 is 0. The van der Waals surface area contributed by atoms with Crippen LogP contribution < -0.4 is 0 Å². The SMILES string of the molecule is O=C(c1ccc(F)cc1)[SH](c1ccccc1)c1ccccc1. The number of benzene rings is 3. The van der Waals surface area contributed by atoms with Crippen molar-refractivity contribution in [3.63, 3.8) is 0 Å². The summed E-state index contributed by atoms with van der Waals surface area (Å²) in [4.78, 5) is 15.0. The largest absolute Gasteiger partial charge is 0.283 e. The van der Waals surface area contributed by atoms with Gasteiger partial charge in [0.25, 0.3) is 0 Å². The molecule has 0 saturated heterocycles. The molecule has 110 valence electrons. The summed E-state index contributed by atoms with van der Waals surface area (Å²) in [5, 5.41) is 0.0346. The first-order valence-corrected chi connectivity index (χ1v) is 8.30. The van der Waals surface area contributed by atoms with Crippen LogP contribution in [0, 0.1) is 5.82 Å². The molecule has 0 unspecified atom stereocenters. The molecule has 0 aliphatic rings. The van der Waals surface area contributed by atoms with Crippen LogP contribution in [0.15, 0.2) is 94.7 Å². The van der Waals surface area contributed by atoms with Crippen molar-refractivity contribution in [3.05, 3.63) is 96.3 Å². The molecule has 3 rings (SSSR count). The second-order valence-corrected chi connectivity index (χ2v) is 6.93. The first-order chi connectivity index (χ1) is 10.8. The number of hydrogen-bond acceptors (Lipinski definition) is 1. The second-order valence-electron chi connectivity index (χ2n) is 4.82. The zero-order valence-corrected chi connectivity index (χ0v) is 12.7. The molecule has 0 spiro atoms. The van der Waals surface area contributed by atoms with Crippen molar-refractivity contribution in [1.29, 1.82) is 0 Å².